The number of benzene rings is 1. The molecule has 1 heteroatoms. The minimum absolute atomic E-state index is 0.0646. The first-order valence-electron chi connectivity index (χ1n) is 6.05. The van der Waals surface area contributed by atoms with Crippen LogP contribution in [0, 0.1) is 0 Å². The summed E-state index contributed by atoms with van der Waals surface area (Å²) in [4.78, 5) is 4.28. The Balaban J connectivity index is 2.19. The van der Waals surface area contributed by atoms with Crippen molar-refractivity contribution in [2.75, 3.05) is 0 Å². The highest BCUT2D eigenvalue weighted by Gasteiger charge is 1.96. The molecular weight excluding hydrogens is 170 g/mol. The van der Waals surface area contributed by atoms with Crippen LogP contribution >= 0.6 is 0 Å². The van der Waals surface area contributed by atoms with Gasteiger partial charge >= 0.3 is 0 Å². The van der Waals surface area contributed by atoms with Gasteiger partial charge in [-0.3, -0.25) is 4.98 Å². The SMILES string of the molecule is [2H]C([2H])([2H])Cc1ccc(-c2ccccc2)nc1. The van der Waals surface area contributed by atoms with Crippen molar-refractivity contribution in [2.24, 2.45) is 0 Å². The molecule has 0 bridgehead atoms. The molecule has 0 amide bonds. The van der Waals surface area contributed by atoms with Crippen molar-refractivity contribution in [1.82, 2.24) is 4.98 Å². The van der Waals surface area contributed by atoms with Gasteiger partial charge in [-0.15, -0.1) is 0 Å². The summed E-state index contributed by atoms with van der Waals surface area (Å²) in [6.45, 7) is -1.93. The van der Waals surface area contributed by atoms with Gasteiger partial charge in [-0.1, -0.05) is 43.3 Å². The number of pyridine rings is 1. The van der Waals surface area contributed by atoms with Gasteiger partial charge in [0.15, 0.2) is 0 Å². The lowest BCUT2D eigenvalue weighted by Gasteiger charge is -2.01. The molecule has 0 N–H and O–H groups in total. The Labute approximate surface area is 88.7 Å². The predicted molar refractivity (Wildman–Crippen MR) is 59.1 cm³/mol. The highest BCUT2D eigenvalue weighted by molar-refractivity contribution is 5.58. The number of aromatic nitrogens is 1. The van der Waals surface area contributed by atoms with E-state index in [2.05, 4.69) is 4.98 Å². The van der Waals surface area contributed by atoms with Crippen LogP contribution in [0.4, 0.5) is 0 Å². The number of hydrogen-bond donors (Lipinski definition) is 0. The van der Waals surface area contributed by atoms with E-state index in [0.29, 0.717) is 0 Å². The molecular formula is C13H13N. The topological polar surface area (TPSA) is 12.9 Å². The van der Waals surface area contributed by atoms with Gasteiger partial charge < -0.3 is 0 Å². The second-order valence-electron chi connectivity index (χ2n) is 3.09. The number of aryl methyl sites for hydroxylation is 1. The molecule has 1 aromatic carbocycles. The molecule has 0 saturated carbocycles. The fraction of sp³-hybridized carbons (Fsp3) is 0.154. The fourth-order valence-corrected chi connectivity index (χ4v) is 1.31. The van der Waals surface area contributed by atoms with Gasteiger partial charge in [-0.05, 0) is 18.1 Å². The van der Waals surface area contributed by atoms with Gasteiger partial charge in [0.1, 0.15) is 0 Å². The first-order valence-corrected chi connectivity index (χ1v) is 4.55. The molecule has 70 valence electrons. The van der Waals surface area contributed by atoms with E-state index in [-0.39, 0.29) is 6.42 Å². The van der Waals surface area contributed by atoms with Gasteiger partial charge in [-0.2, -0.15) is 0 Å². The molecule has 0 radical (unpaired) electrons. The molecule has 2 rings (SSSR count). The standard InChI is InChI=1S/C13H13N/c1-2-11-8-9-13(14-10-11)12-6-4-3-5-7-12/h3-10H,2H2,1H3/i1D3. The van der Waals surface area contributed by atoms with Gasteiger partial charge in [-0.25, -0.2) is 0 Å². The third-order valence-corrected chi connectivity index (χ3v) is 2.10. The normalized spacial score (nSPS) is 14.1. The summed E-state index contributed by atoms with van der Waals surface area (Å²) in [5.74, 6) is 0. The van der Waals surface area contributed by atoms with E-state index in [0.717, 1.165) is 16.8 Å². The van der Waals surface area contributed by atoms with E-state index in [1.807, 2.05) is 42.5 Å². The van der Waals surface area contributed by atoms with Gasteiger partial charge in [0, 0.05) is 15.9 Å². The lowest BCUT2D eigenvalue weighted by atomic mass is 10.1. The third kappa shape index (κ3) is 1.82. The van der Waals surface area contributed by atoms with Crippen LogP contribution in [0.5, 0.6) is 0 Å². The Bertz CT molecular complexity index is 474. The predicted octanol–water partition coefficient (Wildman–Crippen LogP) is 3.31. The minimum atomic E-state index is -1.93. The van der Waals surface area contributed by atoms with Gasteiger partial charge in [0.2, 0.25) is 0 Å². The molecule has 1 heterocycles. The molecule has 0 unspecified atom stereocenters. The Morgan fingerprint density at radius 3 is 2.64 bits per heavy atom. The maximum Gasteiger partial charge on any atom is 0.0702 e. The molecule has 0 aliphatic rings. The molecule has 14 heavy (non-hydrogen) atoms. The summed E-state index contributed by atoms with van der Waals surface area (Å²) in [5, 5.41) is 0. The lowest BCUT2D eigenvalue weighted by Crippen LogP contribution is -1.85. The lowest BCUT2D eigenvalue weighted by molar-refractivity contribution is 1.11. The van der Waals surface area contributed by atoms with Crippen molar-refractivity contribution in [3.8, 4) is 11.3 Å². The Kier molecular flexibility index (Phi) is 1.73. The Morgan fingerprint density at radius 2 is 2.00 bits per heavy atom. The summed E-state index contributed by atoms with van der Waals surface area (Å²) >= 11 is 0. The smallest absolute Gasteiger partial charge is 0.0702 e. The Morgan fingerprint density at radius 1 is 1.14 bits per heavy atom. The van der Waals surface area contributed by atoms with Crippen molar-refractivity contribution in [3.63, 3.8) is 0 Å². The van der Waals surface area contributed by atoms with Gasteiger partial charge in [0.25, 0.3) is 0 Å². The summed E-state index contributed by atoms with van der Waals surface area (Å²) in [5.41, 5.74) is 2.64. The van der Waals surface area contributed by atoms with Crippen molar-refractivity contribution >= 4 is 0 Å². The van der Waals surface area contributed by atoms with E-state index in [1.54, 1.807) is 6.20 Å². The summed E-state index contributed by atoms with van der Waals surface area (Å²) in [6, 6.07) is 13.5. The monoisotopic (exact) mass is 186 g/mol. The molecule has 0 aliphatic heterocycles. The van der Waals surface area contributed by atoms with Crippen molar-refractivity contribution < 1.29 is 4.11 Å². The molecule has 0 saturated heterocycles. The second kappa shape index (κ2) is 4.05. The first-order chi connectivity index (χ1) is 8.04. The summed E-state index contributed by atoms with van der Waals surface area (Å²) < 4.78 is 21.6. The van der Waals surface area contributed by atoms with Crippen LogP contribution in [0.2, 0.25) is 0 Å². The first kappa shape index (κ1) is 5.97. The second-order valence-corrected chi connectivity index (χ2v) is 3.09. The average molecular weight is 186 g/mol. The summed E-state index contributed by atoms with van der Waals surface area (Å²) in [6.07, 6.45) is 1.70. The number of rotatable bonds is 2. The largest absolute Gasteiger partial charge is 0.256 e. The molecule has 0 spiro atoms. The van der Waals surface area contributed by atoms with Crippen LogP contribution in [-0.2, 0) is 6.42 Å². The van der Waals surface area contributed by atoms with E-state index < -0.39 is 6.85 Å². The molecule has 2 aromatic rings. The molecule has 0 atom stereocenters. The van der Waals surface area contributed by atoms with E-state index in [1.165, 1.54) is 0 Å². The third-order valence-electron chi connectivity index (χ3n) is 2.10. The van der Waals surface area contributed by atoms with Crippen LogP contribution in [0.3, 0.4) is 0 Å². The maximum absolute atomic E-state index is 7.19. The summed E-state index contributed by atoms with van der Waals surface area (Å²) in [7, 11) is 0. The zero-order valence-electron chi connectivity index (χ0n) is 10.8. The minimum Gasteiger partial charge on any atom is -0.256 e. The van der Waals surface area contributed by atoms with Crippen molar-refractivity contribution in [2.45, 2.75) is 13.3 Å². The fourth-order valence-electron chi connectivity index (χ4n) is 1.31. The molecule has 0 fully saturated rings. The van der Waals surface area contributed by atoms with E-state index >= 15 is 0 Å². The number of nitrogens with zero attached hydrogens (tertiary/aromatic N) is 1. The zero-order chi connectivity index (χ0) is 12.3. The van der Waals surface area contributed by atoms with Crippen LogP contribution in [0.1, 0.15) is 16.5 Å². The van der Waals surface area contributed by atoms with Crippen LogP contribution < -0.4 is 0 Å². The number of hydrogen-bond acceptors (Lipinski definition) is 1. The van der Waals surface area contributed by atoms with Crippen LogP contribution in [-0.4, -0.2) is 4.98 Å². The van der Waals surface area contributed by atoms with Crippen LogP contribution in [0.15, 0.2) is 48.7 Å². The molecule has 0 aliphatic carbocycles. The van der Waals surface area contributed by atoms with Crippen LogP contribution in [0.25, 0.3) is 11.3 Å². The van der Waals surface area contributed by atoms with E-state index in [4.69, 9.17) is 4.11 Å². The maximum atomic E-state index is 7.19. The van der Waals surface area contributed by atoms with Crippen molar-refractivity contribution in [1.29, 1.82) is 0 Å². The quantitative estimate of drug-likeness (QED) is 0.701. The molecule has 1 aromatic heterocycles. The Hall–Kier alpha value is -1.63. The average Bonchev–Trinajstić information content (AvgIpc) is 2.29. The van der Waals surface area contributed by atoms with Gasteiger partial charge in [0.05, 0.1) is 5.69 Å². The highest BCUT2D eigenvalue weighted by Crippen LogP contribution is 2.15. The highest BCUT2D eigenvalue weighted by atomic mass is 14.7. The molecule has 1 nitrogen and oxygen atoms in total. The van der Waals surface area contributed by atoms with Crippen molar-refractivity contribution in [3.05, 3.63) is 54.2 Å². The zero-order valence-corrected chi connectivity index (χ0v) is 7.77. The van der Waals surface area contributed by atoms with E-state index in [9.17, 15) is 0 Å².